The molecule has 5 nitrogen and oxygen atoms in total. The molecule has 2 N–H and O–H groups in total. The minimum atomic E-state index is -0.0932. The van der Waals surface area contributed by atoms with Crippen molar-refractivity contribution < 1.29 is 9.47 Å². The summed E-state index contributed by atoms with van der Waals surface area (Å²) < 4.78 is 10.6. The van der Waals surface area contributed by atoms with Crippen LogP contribution in [0.2, 0.25) is 10.0 Å². The van der Waals surface area contributed by atoms with Crippen LogP contribution in [0.4, 0.5) is 0 Å². The smallest absolute Gasteiger partial charge is 0.191 e. The van der Waals surface area contributed by atoms with Crippen LogP contribution in [0.5, 0.6) is 0 Å². The van der Waals surface area contributed by atoms with Crippen LogP contribution in [0.15, 0.2) is 23.2 Å². The number of ether oxygens (including phenoxy) is 2. The Bertz CT molecular complexity index is 582. The third-order valence-electron chi connectivity index (χ3n) is 4.59. The summed E-state index contributed by atoms with van der Waals surface area (Å²) in [4.78, 5) is 4.30. The molecule has 2 rings (SSSR count). The minimum absolute atomic E-state index is 0. The van der Waals surface area contributed by atoms with Gasteiger partial charge in [-0.2, -0.15) is 0 Å². The predicted octanol–water partition coefficient (Wildman–Crippen LogP) is 3.86. The SMILES string of the molecule is CN=C(NCCCOC)NCC1(c2ccc(Cl)cc2Cl)CCOCC1.I. The number of guanidine groups is 1. The van der Waals surface area contributed by atoms with Crippen LogP contribution in [-0.4, -0.2) is 53.0 Å². The molecule has 0 aliphatic carbocycles. The summed E-state index contributed by atoms with van der Waals surface area (Å²) in [6.45, 7) is 3.72. The van der Waals surface area contributed by atoms with Crippen molar-refractivity contribution in [2.45, 2.75) is 24.7 Å². The van der Waals surface area contributed by atoms with E-state index < -0.39 is 0 Å². The van der Waals surface area contributed by atoms with E-state index in [1.54, 1.807) is 14.2 Å². The lowest BCUT2D eigenvalue weighted by molar-refractivity contribution is 0.0514. The average Bonchev–Trinajstić information content (AvgIpc) is 2.62. The zero-order valence-electron chi connectivity index (χ0n) is 15.3. The van der Waals surface area contributed by atoms with Crippen LogP contribution in [0.25, 0.3) is 0 Å². The van der Waals surface area contributed by atoms with E-state index in [4.69, 9.17) is 32.7 Å². The van der Waals surface area contributed by atoms with Crippen LogP contribution >= 0.6 is 47.2 Å². The van der Waals surface area contributed by atoms with Crippen molar-refractivity contribution in [2.24, 2.45) is 4.99 Å². The number of hydrogen-bond donors (Lipinski definition) is 2. The van der Waals surface area contributed by atoms with Crippen molar-refractivity contribution in [1.82, 2.24) is 10.6 Å². The lowest BCUT2D eigenvalue weighted by Crippen LogP contribution is -2.48. The Hall–Kier alpha value is -0.280. The van der Waals surface area contributed by atoms with Crippen molar-refractivity contribution >= 4 is 53.1 Å². The number of nitrogens with zero attached hydrogens (tertiary/aromatic N) is 1. The maximum absolute atomic E-state index is 6.51. The minimum Gasteiger partial charge on any atom is -0.385 e. The Labute approximate surface area is 183 Å². The van der Waals surface area contributed by atoms with Crippen molar-refractivity contribution in [3.63, 3.8) is 0 Å². The molecule has 0 radical (unpaired) electrons. The molecule has 1 fully saturated rings. The van der Waals surface area contributed by atoms with E-state index in [0.29, 0.717) is 10.0 Å². The molecule has 148 valence electrons. The molecular weight excluding hydrogens is 488 g/mol. The van der Waals surface area contributed by atoms with E-state index in [1.165, 1.54) is 0 Å². The molecule has 26 heavy (non-hydrogen) atoms. The van der Waals surface area contributed by atoms with E-state index in [0.717, 1.165) is 63.7 Å². The first-order chi connectivity index (χ1) is 12.1. The summed E-state index contributed by atoms with van der Waals surface area (Å²) >= 11 is 12.6. The number of nitrogens with one attached hydrogen (secondary N) is 2. The zero-order chi connectivity index (χ0) is 18.1. The fourth-order valence-electron chi connectivity index (χ4n) is 3.12. The van der Waals surface area contributed by atoms with Crippen LogP contribution in [0.1, 0.15) is 24.8 Å². The molecule has 0 atom stereocenters. The highest BCUT2D eigenvalue weighted by Gasteiger charge is 2.36. The summed E-state index contributed by atoms with van der Waals surface area (Å²) in [5, 5.41) is 8.12. The van der Waals surface area contributed by atoms with Crippen LogP contribution in [0.3, 0.4) is 0 Å². The Morgan fingerprint density at radius 3 is 2.62 bits per heavy atom. The number of rotatable bonds is 7. The lowest BCUT2D eigenvalue weighted by Gasteiger charge is -2.39. The zero-order valence-corrected chi connectivity index (χ0v) is 19.2. The van der Waals surface area contributed by atoms with Gasteiger partial charge in [-0.05, 0) is 37.0 Å². The normalized spacial score (nSPS) is 16.7. The predicted molar refractivity (Wildman–Crippen MR) is 119 cm³/mol. The molecular formula is C18H28Cl2IN3O2. The average molecular weight is 516 g/mol. The highest BCUT2D eigenvalue weighted by atomic mass is 127. The standard InChI is InChI=1S/C18H27Cl2N3O2.HI/c1-21-17(22-8-3-9-24-2)23-13-18(6-10-25-11-7-18)15-5-4-14(19)12-16(15)20;/h4-5,12H,3,6-11,13H2,1-2H3,(H2,21,22,23);1H. The van der Waals surface area contributed by atoms with E-state index in [1.807, 2.05) is 18.2 Å². The van der Waals surface area contributed by atoms with Gasteiger partial charge in [-0.15, -0.1) is 24.0 Å². The molecule has 0 spiro atoms. The first kappa shape index (κ1) is 23.8. The van der Waals surface area contributed by atoms with Crippen LogP contribution in [-0.2, 0) is 14.9 Å². The van der Waals surface area contributed by atoms with Crippen molar-refractivity contribution in [3.05, 3.63) is 33.8 Å². The summed E-state index contributed by atoms with van der Waals surface area (Å²) in [5.74, 6) is 0.784. The Morgan fingerprint density at radius 1 is 1.27 bits per heavy atom. The summed E-state index contributed by atoms with van der Waals surface area (Å²) in [6.07, 6.45) is 2.74. The van der Waals surface area contributed by atoms with Crippen LogP contribution in [0, 0.1) is 0 Å². The maximum atomic E-state index is 6.51. The first-order valence-electron chi connectivity index (χ1n) is 8.58. The van der Waals surface area contributed by atoms with Gasteiger partial charge in [0.25, 0.3) is 0 Å². The van der Waals surface area contributed by atoms with Gasteiger partial charge < -0.3 is 20.1 Å². The third-order valence-corrected chi connectivity index (χ3v) is 5.14. The summed E-state index contributed by atoms with van der Waals surface area (Å²) in [7, 11) is 3.48. The van der Waals surface area contributed by atoms with Gasteiger partial charge in [0.1, 0.15) is 0 Å². The van der Waals surface area contributed by atoms with Crippen molar-refractivity contribution in [2.75, 3.05) is 47.1 Å². The molecule has 8 heteroatoms. The second-order valence-electron chi connectivity index (χ2n) is 6.22. The number of halogens is 3. The van der Waals surface area contributed by atoms with E-state index in [2.05, 4.69) is 15.6 Å². The highest BCUT2D eigenvalue weighted by molar-refractivity contribution is 14.0. The topological polar surface area (TPSA) is 54.9 Å². The number of hydrogen-bond acceptors (Lipinski definition) is 3. The third kappa shape index (κ3) is 6.71. The van der Waals surface area contributed by atoms with E-state index >= 15 is 0 Å². The number of aliphatic imine (C=N–C) groups is 1. The second-order valence-corrected chi connectivity index (χ2v) is 7.06. The molecule has 1 aliphatic rings. The monoisotopic (exact) mass is 515 g/mol. The van der Waals surface area contributed by atoms with Gasteiger partial charge in [0.15, 0.2) is 5.96 Å². The molecule has 0 saturated carbocycles. The Balaban J connectivity index is 0.00000338. The van der Waals surface area contributed by atoms with E-state index in [9.17, 15) is 0 Å². The largest absolute Gasteiger partial charge is 0.385 e. The number of methoxy groups -OCH3 is 1. The lowest BCUT2D eigenvalue weighted by atomic mass is 9.74. The Kier molecular flexibility index (Phi) is 11.2. The first-order valence-corrected chi connectivity index (χ1v) is 9.33. The molecule has 0 aromatic heterocycles. The van der Waals surface area contributed by atoms with Gasteiger partial charge in [-0.3, -0.25) is 4.99 Å². The summed E-state index contributed by atoms with van der Waals surface area (Å²) in [5.41, 5.74) is 1.02. The number of benzene rings is 1. The van der Waals surface area contributed by atoms with Gasteiger partial charge in [-0.25, -0.2) is 0 Å². The van der Waals surface area contributed by atoms with Gasteiger partial charge in [0.2, 0.25) is 0 Å². The molecule has 0 bridgehead atoms. The van der Waals surface area contributed by atoms with Gasteiger partial charge in [0, 0.05) is 62.5 Å². The highest BCUT2D eigenvalue weighted by Crippen LogP contribution is 2.39. The molecule has 1 heterocycles. The molecule has 1 aromatic rings. The fraction of sp³-hybridized carbons (Fsp3) is 0.611. The van der Waals surface area contributed by atoms with Crippen molar-refractivity contribution in [3.8, 4) is 0 Å². The summed E-state index contributed by atoms with van der Waals surface area (Å²) in [6, 6.07) is 5.75. The van der Waals surface area contributed by atoms with E-state index in [-0.39, 0.29) is 29.4 Å². The Morgan fingerprint density at radius 2 is 2.00 bits per heavy atom. The van der Waals surface area contributed by atoms with Crippen LogP contribution < -0.4 is 10.6 Å². The van der Waals surface area contributed by atoms with Gasteiger partial charge in [0.05, 0.1) is 0 Å². The molecule has 1 aromatic carbocycles. The maximum Gasteiger partial charge on any atom is 0.191 e. The molecule has 1 aliphatic heterocycles. The van der Waals surface area contributed by atoms with Crippen molar-refractivity contribution in [1.29, 1.82) is 0 Å². The fourth-order valence-corrected chi connectivity index (χ4v) is 3.73. The molecule has 0 unspecified atom stereocenters. The second kappa shape index (κ2) is 12.2. The molecule has 0 amide bonds. The van der Waals surface area contributed by atoms with Gasteiger partial charge >= 0.3 is 0 Å². The molecule has 1 saturated heterocycles. The quantitative estimate of drug-likeness (QED) is 0.250. The van der Waals surface area contributed by atoms with Gasteiger partial charge in [-0.1, -0.05) is 29.3 Å².